The molecule has 138 valence electrons. The van der Waals surface area contributed by atoms with E-state index in [1.807, 2.05) is 17.9 Å². The molecule has 0 saturated carbocycles. The van der Waals surface area contributed by atoms with Crippen molar-refractivity contribution in [2.45, 2.75) is 58.5 Å². The van der Waals surface area contributed by atoms with Crippen LogP contribution in [0, 0.1) is 12.8 Å². The average molecular weight is 345 g/mol. The van der Waals surface area contributed by atoms with E-state index in [9.17, 15) is 9.59 Å². The van der Waals surface area contributed by atoms with Gasteiger partial charge in [0.1, 0.15) is 0 Å². The number of hydrogen-bond acceptors (Lipinski definition) is 3. The smallest absolute Gasteiger partial charge is 0.250 e. The molecule has 0 radical (unpaired) electrons. The molecule has 2 saturated heterocycles. The van der Waals surface area contributed by atoms with E-state index >= 15 is 0 Å². The first-order valence-electron chi connectivity index (χ1n) is 9.74. The Morgan fingerprint density at radius 3 is 2.48 bits per heavy atom. The maximum Gasteiger partial charge on any atom is 0.250 e. The molecule has 0 N–H and O–H groups in total. The van der Waals surface area contributed by atoms with Crippen molar-refractivity contribution in [3.05, 3.63) is 34.2 Å². The highest BCUT2D eigenvalue weighted by Gasteiger charge is 2.30. The molecule has 2 aliphatic rings. The summed E-state index contributed by atoms with van der Waals surface area (Å²) in [5, 5.41) is 0. The summed E-state index contributed by atoms with van der Waals surface area (Å²) in [5.41, 5.74) is 0.893. The molecule has 5 heteroatoms. The lowest BCUT2D eigenvalue weighted by Gasteiger charge is -2.38. The fourth-order valence-corrected chi connectivity index (χ4v) is 4.35. The van der Waals surface area contributed by atoms with Gasteiger partial charge in [-0.25, -0.2) is 0 Å². The molecule has 1 aromatic rings. The number of aryl methyl sites for hydroxylation is 1. The van der Waals surface area contributed by atoms with Crippen LogP contribution in [0.5, 0.6) is 0 Å². The summed E-state index contributed by atoms with van der Waals surface area (Å²) >= 11 is 0. The lowest BCUT2D eigenvalue weighted by Crippen LogP contribution is -2.45. The van der Waals surface area contributed by atoms with Gasteiger partial charge in [-0.15, -0.1) is 0 Å². The van der Waals surface area contributed by atoms with E-state index < -0.39 is 0 Å². The van der Waals surface area contributed by atoms with Crippen molar-refractivity contribution < 1.29 is 4.79 Å². The third kappa shape index (κ3) is 4.32. The highest BCUT2D eigenvalue weighted by molar-refractivity contribution is 5.76. The summed E-state index contributed by atoms with van der Waals surface area (Å²) in [5.74, 6) is 0.892. The monoisotopic (exact) mass is 345 g/mol. The zero-order valence-electron chi connectivity index (χ0n) is 15.6. The predicted molar refractivity (Wildman–Crippen MR) is 99.6 cm³/mol. The van der Waals surface area contributed by atoms with Crippen LogP contribution in [0.3, 0.4) is 0 Å². The summed E-state index contributed by atoms with van der Waals surface area (Å²) in [6.07, 6.45) is 5.29. The number of likely N-dealkylation sites (tertiary alicyclic amines) is 2. The maximum absolute atomic E-state index is 12.5. The molecule has 0 bridgehead atoms. The molecule has 2 fully saturated rings. The van der Waals surface area contributed by atoms with Gasteiger partial charge in [0.15, 0.2) is 0 Å². The number of rotatable bonds is 5. The Morgan fingerprint density at radius 1 is 1.16 bits per heavy atom. The number of hydrogen-bond donors (Lipinski definition) is 0. The average Bonchev–Trinajstić information content (AvgIpc) is 3.15. The summed E-state index contributed by atoms with van der Waals surface area (Å²) in [6.45, 7) is 8.97. The number of pyridine rings is 1. The van der Waals surface area contributed by atoms with Crippen LogP contribution in [-0.4, -0.2) is 52.5 Å². The molecule has 1 atom stereocenters. The fraction of sp³-hybridized carbons (Fsp3) is 0.700. The van der Waals surface area contributed by atoms with Crippen LogP contribution < -0.4 is 5.56 Å². The highest BCUT2D eigenvalue weighted by Crippen LogP contribution is 2.26. The van der Waals surface area contributed by atoms with Gasteiger partial charge in [-0.2, -0.15) is 0 Å². The Bertz CT molecular complexity index is 641. The first-order chi connectivity index (χ1) is 12.1. The Balaban J connectivity index is 1.47. The van der Waals surface area contributed by atoms with Gasteiger partial charge in [-0.3, -0.25) is 9.59 Å². The van der Waals surface area contributed by atoms with Crippen molar-refractivity contribution in [3.8, 4) is 0 Å². The Hall–Kier alpha value is -1.62. The van der Waals surface area contributed by atoms with Crippen LogP contribution in [-0.2, 0) is 11.3 Å². The number of carbonyl (C=O) groups excluding carboxylic acids is 1. The van der Waals surface area contributed by atoms with E-state index in [-0.39, 0.29) is 11.5 Å². The predicted octanol–water partition coefficient (Wildman–Crippen LogP) is 2.27. The van der Waals surface area contributed by atoms with Crippen LogP contribution in [0.4, 0.5) is 0 Å². The number of carbonyl (C=O) groups is 1. The second kappa shape index (κ2) is 8.17. The summed E-state index contributed by atoms with van der Waals surface area (Å²) in [7, 11) is 0. The van der Waals surface area contributed by atoms with Crippen molar-refractivity contribution in [2.24, 2.45) is 5.92 Å². The molecule has 1 amide bonds. The number of aromatic nitrogens is 1. The number of nitrogens with zero attached hydrogens (tertiary/aromatic N) is 3. The Kier molecular flexibility index (Phi) is 5.94. The van der Waals surface area contributed by atoms with E-state index in [4.69, 9.17) is 0 Å². The number of piperidine rings is 1. The summed E-state index contributed by atoms with van der Waals surface area (Å²) < 4.78 is 1.69. The summed E-state index contributed by atoms with van der Waals surface area (Å²) in [6, 6.07) is 5.88. The van der Waals surface area contributed by atoms with Crippen molar-refractivity contribution >= 4 is 5.91 Å². The largest absolute Gasteiger partial charge is 0.343 e. The minimum absolute atomic E-state index is 0.0223. The third-order valence-corrected chi connectivity index (χ3v) is 6.11. The van der Waals surface area contributed by atoms with Gasteiger partial charge in [0.2, 0.25) is 5.91 Å². The molecule has 0 aliphatic carbocycles. The molecule has 2 aliphatic heterocycles. The fourth-order valence-electron chi connectivity index (χ4n) is 4.35. The lowest BCUT2D eigenvalue weighted by atomic mass is 9.89. The minimum Gasteiger partial charge on any atom is -0.343 e. The molecular weight excluding hydrogens is 314 g/mol. The maximum atomic E-state index is 12.5. The van der Waals surface area contributed by atoms with Gasteiger partial charge >= 0.3 is 0 Å². The van der Waals surface area contributed by atoms with Gasteiger partial charge in [-0.1, -0.05) is 6.07 Å². The minimum atomic E-state index is -0.0223. The molecule has 3 heterocycles. The SMILES string of the molecule is Cc1cccc(=O)n1CCC(=O)N1CCC(C(C)N2CCCC2)CC1. The zero-order valence-corrected chi connectivity index (χ0v) is 15.6. The first kappa shape index (κ1) is 18.2. The van der Waals surface area contributed by atoms with E-state index in [1.165, 1.54) is 25.9 Å². The van der Waals surface area contributed by atoms with Crippen molar-refractivity contribution in [3.63, 3.8) is 0 Å². The first-order valence-corrected chi connectivity index (χ1v) is 9.74. The Morgan fingerprint density at radius 2 is 1.84 bits per heavy atom. The summed E-state index contributed by atoms with van der Waals surface area (Å²) in [4.78, 5) is 29.0. The zero-order chi connectivity index (χ0) is 17.8. The van der Waals surface area contributed by atoms with Crippen molar-refractivity contribution in [2.75, 3.05) is 26.2 Å². The van der Waals surface area contributed by atoms with Crippen LogP contribution in [0.25, 0.3) is 0 Å². The standard InChI is InChI=1S/C20H31N3O2/c1-16-6-5-7-20(25)23(16)15-10-19(24)22-13-8-18(9-14-22)17(2)21-11-3-4-12-21/h5-7,17-18H,3-4,8-15H2,1-2H3. The third-order valence-electron chi connectivity index (χ3n) is 6.11. The molecule has 3 rings (SSSR count). The van der Waals surface area contributed by atoms with Crippen LogP contribution in [0.2, 0.25) is 0 Å². The lowest BCUT2D eigenvalue weighted by molar-refractivity contribution is -0.133. The Labute approximate surface area is 150 Å². The van der Waals surface area contributed by atoms with Crippen LogP contribution in [0.1, 0.15) is 44.7 Å². The molecule has 5 nitrogen and oxygen atoms in total. The molecule has 25 heavy (non-hydrogen) atoms. The van der Waals surface area contributed by atoms with Crippen LogP contribution >= 0.6 is 0 Å². The van der Waals surface area contributed by atoms with Crippen LogP contribution in [0.15, 0.2) is 23.0 Å². The van der Waals surface area contributed by atoms with Gasteiger partial charge in [0.05, 0.1) is 0 Å². The second-order valence-corrected chi connectivity index (χ2v) is 7.61. The number of amides is 1. The van der Waals surface area contributed by atoms with Gasteiger partial charge in [-0.05, 0) is 64.6 Å². The quantitative estimate of drug-likeness (QED) is 0.822. The van der Waals surface area contributed by atoms with Crippen molar-refractivity contribution in [1.29, 1.82) is 0 Å². The van der Waals surface area contributed by atoms with Crippen molar-refractivity contribution in [1.82, 2.24) is 14.4 Å². The van der Waals surface area contributed by atoms with E-state index in [2.05, 4.69) is 11.8 Å². The molecule has 1 unspecified atom stereocenters. The van der Waals surface area contributed by atoms with E-state index in [1.54, 1.807) is 16.7 Å². The van der Waals surface area contributed by atoms with E-state index in [0.29, 0.717) is 24.9 Å². The molecule has 0 aromatic carbocycles. The normalized spacial score (nSPS) is 20.8. The van der Waals surface area contributed by atoms with E-state index in [0.717, 1.165) is 31.6 Å². The van der Waals surface area contributed by atoms with Gasteiger partial charge < -0.3 is 14.4 Å². The topological polar surface area (TPSA) is 45.6 Å². The van der Waals surface area contributed by atoms with Gasteiger partial charge in [0.25, 0.3) is 5.56 Å². The van der Waals surface area contributed by atoms with Gasteiger partial charge in [0, 0.05) is 43.9 Å². The molecular formula is C20H31N3O2. The molecule has 1 aromatic heterocycles. The highest BCUT2D eigenvalue weighted by atomic mass is 16.2. The molecule has 0 spiro atoms. The second-order valence-electron chi connectivity index (χ2n) is 7.61.